The Morgan fingerprint density at radius 3 is 2.58 bits per heavy atom. The van der Waals surface area contributed by atoms with E-state index < -0.39 is 0 Å². The topological polar surface area (TPSA) is 53.0 Å². The molecule has 1 aliphatic rings. The number of hydrogen-bond donors (Lipinski definition) is 1. The number of morpholine rings is 1. The first-order valence-corrected chi connectivity index (χ1v) is 6.57. The number of nitrogens with zero attached hydrogens (tertiary/aromatic N) is 2. The van der Waals surface area contributed by atoms with Crippen LogP contribution in [0.25, 0.3) is 0 Å². The van der Waals surface area contributed by atoms with Crippen LogP contribution >= 0.6 is 0 Å². The molecule has 0 aliphatic carbocycles. The number of ether oxygens (including phenoxy) is 1. The van der Waals surface area contributed by atoms with Crippen molar-refractivity contribution in [3.05, 3.63) is 35.9 Å². The molecule has 1 N–H and O–H groups in total. The minimum absolute atomic E-state index is 0.0249. The van der Waals surface area contributed by atoms with Gasteiger partial charge in [0.1, 0.15) is 0 Å². The molecule has 104 valence electrons. The van der Waals surface area contributed by atoms with Crippen molar-refractivity contribution in [2.24, 2.45) is 0 Å². The molecule has 1 aromatic rings. The van der Waals surface area contributed by atoms with Gasteiger partial charge in [-0.15, -0.1) is 0 Å². The van der Waals surface area contributed by atoms with Crippen molar-refractivity contribution in [2.75, 3.05) is 39.5 Å². The van der Waals surface area contributed by atoms with Crippen LogP contribution in [0.3, 0.4) is 0 Å². The average molecular weight is 264 g/mol. The summed E-state index contributed by atoms with van der Waals surface area (Å²) in [6.07, 6.45) is 0. The minimum atomic E-state index is -0.0267. The number of carbonyl (C=O) groups is 1. The zero-order valence-corrected chi connectivity index (χ0v) is 11.0. The third kappa shape index (κ3) is 3.94. The highest BCUT2D eigenvalue weighted by Crippen LogP contribution is 2.09. The Labute approximate surface area is 113 Å². The highest BCUT2D eigenvalue weighted by Gasteiger charge is 2.22. The van der Waals surface area contributed by atoms with E-state index in [9.17, 15) is 4.79 Å². The van der Waals surface area contributed by atoms with E-state index in [2.05, 4.69) is 0 Å². The van der Waals surface area contributed by atoms with Gasteiger partial charge in [-0.3, -0.25) is 0 Å². The molecule has 0 aromatic heterocycles. The Kier molecular flexibility index (Phi) is 5.18. The van der Waals surface area contributed by atoms with Gasteiger partial charge in [-0.05, 0) is 5.56 Å². The number of urea groups is 1. The molecule has 5 nitrogen and oxygen atoms in total. The van der Waals surface area contributed by atoms with Crippen molar-refractivity contribution >= 4 is 6.03 Å². The summed E-state index contributed by atoms with van der Waals surface area (Å²) in [6, 6.07) is 9.79. The third-order valence-electron chi connectivity index (χ3n) is 3.14. The van der Waals surface area contributed by atoms with Gasteiger partial charge >= 0.3 is 6.03 Å². The number of hydrogen-bond acceptors (Lipinski definition) is 3. The number of rotatable bonds is 4. The average Bonchev–Trinajstić information content (AvgIpc) is 2.48. The molecule has 0 radical (unpaired) electrons. The van der Waals surface area contributed by atoms with Gasteiger partial charge in [0.25, 0.3) is 0 Å². The smallest absolute Gasteiger partial charge is 0.320 e. The lowest BCUT2D eigenvalue weighted by atomic mass is 10.2. The fourth-order valence-corrected chi connectivity index (χ4v) is 2.12. The molecular formula is C14H20N2O3. The van der Waals surface area contributed by atoms with E-state index in [-0.39, 0.29) is 12.6 Å². The van der Waals surface area contributed by atoms with Gasteiger partial charge in [0.15, 0.2) is 0 Å². The summed E-state index contributed by atoms with van der Waals surface area (Å²) in [7, 11) is 0. The molecule has 0 atom stereocenters. The Morgan fingerprint density at radius 1 is 1.26 bits per heavy atom. The normalized spacial score (nSPS) is 15.3. The van der Waals surface area contributed by atoms with Gasteiger partial charge in [0, 0.05) is 26.2 Å². The predicted octanol–water partition coefficient (Wildman–Crippen LogP) is 0.933. The van der Waals surface area contributed by atoms with E-state index >= 15 is 0 Å². The summed E-state index contributed by atoms with van der Waals surface area (Å²) < 4.78 is 5.25. The fourth-order valence-electron chi connectivity index (χ4n) is 2.12. The SMILES string of the molecule is O=C(N1CCOCC1)N(CCO)Cc1ccccc1. The highest BCUT2D eigenvalue weighted by atomic mass is 16.5. The first kappa shape index (κ1) is 13.8. The zero-order chi connectivity index (χ0) is 13.5. The lowest BCUT2D eigenvalue weighted by Gasteiger charge is -2.32. The van der Waals surface area contributed by atoms with Gasteiger partial charge in [0.05, 0.1) is 19.8 Å². The second-order valence-corrected chi connectivity index (χ2v) is 4.51. The summed E-state index contributed by atoms with van der Waals surface area (Å²) in [5, 5.41) is 9.12. The Morgan fingerprint density at radius 2 is 1.95 bits per heavy atom. The van der Waals surface area contributed by atoms with Crippen molar-refractivity contribution in [1.82, 2.24) is 9.80 Å². The monoisotopic (exact) mass is 264 g/mol. The lowest BCUT2D eigenvalue weighted by molar-refractivity contribution is 0.0410. The predicted molar refractivity (Wildman–Crippen MR) is 71.7 cm³/mol. The maximum atomic E-state index is 12.4. The number of aliphatic hydroxyl groups excluding tert-OH is 1. The number of aliphatic hydroxyl groups is 1. The molecule has 5 heteroatoms. The first-order chi connectivity index (χ1) is 9.31. The number of benzene rings is 1. The van der Waals surface area contributed by atoms with Crippen LogP contribution < -0.4 is 0 Å². The second kappa shape index (κ2) is 7.11. The molecule has 1 aromatic carbocycles. The summed E-state index contributed by atoms with van der Waals surface area (Å²) in [5.41, 5.74) is 1.07. The van der Waals surface area contributed by atoms with E-state index in [1.165, 1.54) is 0 Å². The van der Waals surface area contributed by atoms with E-state index in [0.29, 0.717) is 39.4 Å². The van der Waals surface area contributed by atoms with Crippen molar-refractivity contribution in [2.45, 2.75) is 6.54 Å². The van der Waals surface area contributed by atoms with Crippen LogP contribution in [0.2, 0.25) is 0 Å². The fraction of sp³-hybridized carbons (Fsp3) is 0.500. The summed E-state index contributed by atoms with van der Waals surface area (Å²) in [5.74, 6) is 0. The van der Waals surface area contributed by atoms with Crippen molar-refractivity contribution in [3.63, 3.8) is 0 Å². The molecule has 1 aliphatic heterocycles. The standard InChI is InChI=1S/C14H20N2O3/c17-9-6-16(12-13-4-2-1-3-5-13)14(18)15-7-10-19-11-8-15/h1-5,17H,6-12H2. The molecule has 0 unspecified atom stereocenters. The van der Waals surface area contributed by atoms with Crippen LogP contribution in [0.1, 0.15) is 5.56 Å². The number of amides is 2. The molecule has 19 heavy (non-hydrogen) atoms. The van der Waals surface area contributed by atoms with Crippen molar-refractivity contribution in [3.8, 4) is 0 Å². The minimum Gasteiger partial charge on any atom is -0.395 e. The van der Waals surface area contributed by atoms with Crippen LogP contribution in [0.4, 0.5) is 4.79 Å². The molecule has 0 saturated carbocycles. The lowest BCUT2D eigenvalue weighted by Crippen LogP contribution is -2.48. The number of carbonyl (C=O) groups excluding carboxylic acids is 1. The van der Waals surface area contributed by atoms with Gasteiger partial charge in [-0.25, -0.2) is 4.79 Å². The Hall–Kier alpha value is -1.59. The van der Waals surface area contributed by atoms with Gasteiger partial charge in [-0.2, -0.15) is 0 Å². The zero-order valence-electron chi connectivity index (χ0n) is 11.0. The van der Waals surface area contributed by atoms with Crippen LogP contribution in [-0.4, -0.2) is 60.4 Å². The van der Waals surface area contributed by atoms with E-state index in [1.54, 1.807) is 9.80 Å². The molecule has 1 fully saturated rings. The van der Waals surface area contributed by atoms with E-state index in [1.807, 2.05) is 30.3 Å². The van der Waals surface area contributed by atoms with Crippen LogP contribution in [0.15, 0.2) is 30.3 Å². The molecule has 0 spiro atoms. The molecular weight excluding hydrogens is 244 g/mol. The van der Waals surface area contributed by atoms with Gasteiger partial charge in [0.2, 0.25) is 0 Å². The third-order valence-corrected chi connectivity index (χ3v) is 3.14. The Bertz CT molecular complexity index is 391. The van der Waals surface area contributed by atoms with Crippen LogP contribution in [0, 0.1) is 0 Å². The molecule has 2 amide bonds. The van der Waals surface area contributed by atoms with Gasteiger partial charge < -0.3 is 19.6 Å². The van der Waals surface area contributed by atoms with Crippen molar-refractivity contribution in [1.29, 1.82) is 0 Å². The quantitative estimate of drug-likeness (QED) is 0.880. The molecule has 1 saturated heterocycles. The summed E-state index contributed by atoms with van der Waals surface area (Å²) >= 11 is 0. The Balaban J connectivity index is 2.00. The highest BCUT2D eigenvalue weighted by molar-refractivity contribution is 5.74. The van der Waals surface area contributed by atoms with Crippen LogP contribution in [0.5, 0.6) is 0 Å². The second-order valence-electron chi connectivity index (χ2n) is 4.51. The summed E-state index contributed by atoms with van der Waals surface area (Å²) in [4.78, 5) is 15.8. The van der Waals surface area contributed by atoms with E-state index in [0.717, 1.165) is 5.56 Å². The molecule has 1 heterocycles. The van der Waals surface area contributed by atoms with Crippen molar-refractivity contribution < 1.29 is 14.6 Å². The van der Waals surface area contributed by atoms with Crippen LogP contribution in [-0.2, 0) is 11.3 Å². The van der Waals surface area contributed by atoms with Gasteiger partial charge in [-0.1, -0.05) is 30.3 Å². The maximum absolute atomic E-state index is 12.4. The van der Waals surface area contributed by atoms with E-state index in [4.69, 9.17) is 9.84 Å². The first-order valence-electron chi connectivity index (χ1n) is 6.57. The summed E-state index contributed by atoms with van der Waals surface area (Å²) in [6.45, 7) is 3.27. The molecule has 2 rings (SSSR count). The maximum Gasteiger partial charge on any atom is 0.320 e. The molecule has 0 bridgehead atoms. The largest absolute Gasteiger partial charge is 0.395 e.